The Hall–Kier alpha value is -3.62. The van der Waals surface area contributed by atoms with Gasteiger partial charge in [0.15, 0.2) is 5.96 Å². The van der Waals surface area contributed by atoms with Crippen molar-refractivity contribution in [3.8, 4) is 0 Å². The van der Waals surface area contributed by atoms with Gasteiger partial charge in [0.25, 0.3) is 11.6 Å². The number of hydrogen-bond donors (Lipinski definition) is 3. The number of nitro benzene ring substituents is 1. The Balaban J connectivity index is 1.76. The van der Waals surface area contributed by atoms with Gasteiger partial charge in [-0.1, -0.05) is 24.3 Å². The number of hydrogen-bond acceptors (Lipinski definition) is 5. The van der Waals surface area contributed by atoms with Crippen LogP contribution in [-0.4, -0.2) is 62.5 Å². The van der Waals surface area contributed by atoms with E-state index in [9.17, 15) is 14.9 Å². The number of carbonyl (C=O) groups is 1. The quantitative estimate of drug-likeness (QED) is 0.191. The van der Waals surface area contributed by atoms with Crippen molar-refractivity contribution in [2.75, 3.05) is 46.1 Å². The van der Waals surface area contributed by atoms with E-state index in [0.29, 0.717) is 36.8 Å². The molecule has 0 aliphatic heterocycles. The normalized spacial score (nSPS) is 11.0. The van der Waals surface area contributed by atoms with Gasteiger partial charge in [0, 0.05) is 52.4 Å². The molecule has 0 heterocycles. The van der Waals surface area contributed by atoms with E-state index >= 15 is 0 Å². The lowest BCUT2D eigenvalue weighted by molar-refractivity contribution is -0.384. The third-order valence-corrected chi connectivity index (χ3v) is 4.34. The van der Waals surface area contributed by atoms with Gasteiger partial charge in [0.1, 0.15) is 5.69 Å². The maximum absolute atomic E-state index is 12.1. The van der Waals surface area contributed by atoms with E-state index < -0.39 is 4.92 Å². The number of carbonyl (C=O) groups excluding carboxylic acids is 1. The molecular weight excluding hydrogens is 384 g/mol. The molecule has 30 heavy (non-hydrogen) atoms. The molecule has 0 fully saturated rings. The average molecular weight is 412 g/mol. The van der Waals surface area contributed by atoms with Crippen LogP contribution in [0.4, 0.5) is 11.4 Å². The predicted octanol–water partition coefficient (Wildman–Crippen LogP) is 2.12. The summed E-state index contributed by atoms with van der Waals surface area (Å²) in [5.41, 5.74) is 2.26. The average Bonchev–Trinajstić information content (AvgIpc) is 2.75. The Morgan fingerprint density at radius 1 is 1.07 bits per heavy atom. The van der Waals surface area contributed by atoms with Crippen molar-refractivity contribution in [3.05, 3.63) is 69.8 Å². The Morgan fingerprint density at radius 2 is 1.80 bits per heavy atom. The number of nitro groups is 1. The highest BCUT2D eigenvalue weighted by molar-refractivity contribution is 5.94. The molecule has 9 heteroatoms. The van der Waals surface area contributed by atoms with Gasteiger partial charge in [-0.05, 0) is 30.2 Å². The van der Waals surface area contributed by atoms with E-state index in [2.05, 4.69) is 20.9 Å². The third-order valence-electron chi connectivity index (χ3n) is 4.34. The zero-order chi connectivity index (χ0) is 21.9. The molecule has 0 unspecified atom stereocenters. The van der Waals surface area contributed by atoms with Crippen LogP contribution in [0.1, 0.15) is 15.9 Å². The molecule has 0 spiro atoms. The van der Waals surface area contributed by atoms with E-state index in [0.717, 1.165) is 12.0 Å². The molecule has 3 N–H and O–H groups in total. The van der Waals surface area contributed by atoms with Crippen molar-refractivity contribution in [2.45, 2.75) is 6.42 Å². The minimum absolute atomic E-state index is 0.0200. The molecular formula is C21H28N6O3. The third kappa shape index (κ3) is 6.77. The van der Waals surface area contributed by atoms with Gasteiger partial charge in [-0.15, -0.1) is 0 Å². The minimum Gasteiger partial charge on any atom is -0.378 e. The van der Waals surface area contributed by atoms with E-state index in [-0.39, 0.29) is 11.6 Å². The molecule has 0 bridgehead atoms. The lowest BCUT2D eigenvalue weighted by Crippen LogP contribution is -2.40. The molecule has 0 radical (unpaired) electrons. The lowest BCUT2D eigenvalue weighted by atomic mass is 10.1. The van der Waals surface area contributed by atoms with Gasteiger partial charge in [-0.3, -0.25) is 19.9 Å². The van der Waals surface area contributed by atoms with Crippen molar-refractivity contribution in [3.63, 3.8) is 0 Å². The van der Waals surface area contributed by atoms with Crippen LogP contribution in [0.2, 0.25) is 0 Å². The standard InChI is InChI=1S/C21H28N6O3/c1-22-21(25-14-13-23-18-9-4-5-10-19(18)27(29)30)24-12-11-16-7-6-8-17(15-16)20(28)26(2)3/h4-10,15,23H,11-14H2,1-3H3,(H2,22,24,25). The number of rotatable bonds is 9. The van der Waals surface area contributed by atoms with Crippen molar-refractivity contribution in [1.29, 1.82) is 0 Å². The van der Waals surface area contributed by atoms with E-state index in [1.807, 2.05) is 24.3 Å². The topological polar surface area (TPSA) is 112 Å². The largest absolute Gasteiger partial charge is 0.378 e. The van der Waals surface area contributed by atoms with Crippen LogP contribution in [0, 0.1) is 10.1 Å². The van der Waals surface area contributed by atoms with Crippen LogP contribution in [0.25, 0.3) is 0 Å². The number of aliphatic imine (C=N–C) groups is 1. The summed E-state index contributed by atoms with van der Waals surface area (Å²) in [5, 5.41) is 20.5. The molecule has 2 aromatic rings. The second-order valence-electron chi connectivity index (χ2n) is 6.78. The van der Waals surface area contributed by atoms with E-state index in [1.54, 1.807) is 44.2 Å². The fraction of sp³-hybridized carbons (Fsp3) is 0.333. The summed E-state index contributed by atoms with van der Waals surface area (Å²) in [6.45, 7) is 1.69. The number of anilines is 1. The molecule has 0 aromatic heterocycles. The van der Waals surface area contributed by atoms with Gasteiger partial charge < -0.3 is 20.9 Å². The number of para-hydroxylation sites is 2. The number of amides is 1. The maximum atomic E-state index is 12.1. The molecule has 160 valence electrons. The van der Waals surface area contributed by atoms with E-state index in [4.69, 9.17) is 0 Å². The first kappa shape index (κ1) is 22.7. The second-order valence-corrected chi connectivity index (χ2v) is 6.78. The maximum Gasteiger partial charge on any atom is 0.292 e. The summed E-state index contributed by atoms with van der Waals surface area (Å²) in [6, 6.07) is 14.1. The van der Waals surface area contributed by atoms with Crippen LogP contribution in [0.5, 0.6) is 0 Å². The predicted molar refractivity (Wildman–Crippen MR) is 119 cm³/mol. The summed E-state index contributed by atoms with van der Waals surface area (Å²) in [6.07, 6.45) is 0.740. The van der Waals surface area contributed by atoms with Gasteiger partial charge in [-0.2, -0.15) is 0 Å². The molecule has 9 nitrogen and oxygen atoms in total. The number of guanidine groups is 1. The molecule has 2 rings (SSSR count). The SMILES string of the molecule is CN=C(NCCNc1ccccc1[N+](=O)[O-])NCCc1cccc(C(=O)N(C)C)c1. The Kier molecular flexibility index (Phi) is 8.61. The Morgan fingerprint density at radius 3 is 2.50 bits per heavy atom. The first-order valence-electron chi connectivity index (χ1n) is 9.64. The first-order valence-corrected chi connectivity index (χ1v) is 9.64. The van der Waals surface area contributed by atoms with Gasteiger partial charge in [0.2, 0.25) is 0 Å². The first-order chi connectivity index (χ1) is 14.4. The van der Waals surface area contributed by atoms with Crippen molar-refractivity contribution in [1.82, 2.24) is 15.5 Å². The Labute approximate surface area is 176 Å². The van der Waals surface area contributed by atoms with Gasteiger partial charge in [-0.25, -0.2) is 0 Å². The molecule has 0 atom stereocenters. The number of nitrogens with zero attached hydrogens (tertiary/aromatic N) is 3. The van der Waals surface area contributed by atoms with Crippen LogP contribution in [0.3, 0.4) is 0 Å². The molecule has 1 amide bonds. The van der Waals surface area contributed by atoms with Crippen molar-refractivity contribution in [2.24, 2.45) is 4.99 Å². The van der Waals surface area contributed by atoms with Gasteiger partial charge >= 0.3 is 0 Å². The summed E-state index contributed by atoms with van der Waals surface area (Å²) >= 11 is 0. The number of nitrogens with one attached hydrogen (secondary N) is 3. The Bertz CT molecular complexity index is 898. The summed E-state index contributed by atoms with van der Waals surface area (Å²) in [7, 11) is 5.15. The summed E-state index contributed by atoms with van der Waals surface area (Å²) in [5.74, 6) is 0.619. The van der Waals surface area contributed by atoms with Crippen LogP contribution in [-0.2, 0) is 6.42 Å². The second kappa shape index (κ2) is 11.4. The minimum atomic E-state index is -0.405. The fourth-order valence-electron chi connectivity index (χ4n) is 2.82. The fourth-order valence-corrected chi connectivity index (χ4v) is 2.82. The molecule has 0 aliphatic rings. The highest BCUT2D eigenvalue weighted by Gasteiger charge is 2.11. The highest BCUT2D eigenvalue weighted by Crippen LogP contribution is 2.22. The van der Waals surface area contributed by atoms with Crippen molar-refractivity contribution >= 4 is 23.2 Å². The zero-order valence-electron chi connectivity index (χ0n) is 17.5. The van der Waals surface area contributed by atoms with E-state index in [1.165, 1.54) is 6.07 Å². The lowest BCUT2D eigenvalue weighted by Gasteiger charge is -2.14. The monoisotopic (exact) mass is 412 g/mol. The summed E-state index contributed by atoms with van der Waals surface area (Å²) in [4.78, 5) is 28.4. The number of benzene rings is 2. The smallest absolute Gasteiger partial charge is 0.292 e. The molecule has 2 aromatic carbocycles. The summed E-state index contributed by atoms with van der Waals surface area (Å²) < 4.78 is 0. The van der Waals surface area contributed by atoms with Crippen LogP contribution in [0.15, 0.2) is 53.5 Å². The molecule has 0 aliphatic carbocycles. The van der Waals surface area contributed by atoms with Crippen LogP contribution < -0.4 is 16.0 Å². The van der Waals surface area contributed by atoms with Crippen LogP contribution >= 0.6 is 0 Å². The zero-order valence-corrected chi connectivity index (χ0v) is 17.5. The van der Waals surface area contributed by atoms with Gasteiger partial charge in [0.05, 0.1) is 4.92 Å². The molecule has 0 saturated heterocycles. The highest BCUT2D eigenvalue weighted by atomic mass is 16.6. The molecule has 0 saturated carbocycles. The van der Waals surface area contributed by atoms with Crippen molar-refractivity contribution < 1.29 is 9.72 Å².